The minimum atomic E-state index is -4.89. The molecular formula is C14H13F6N3O. The number of nitrogens with zero attached hydrogens (tertiary/aromatic N) is 3. The van der Waals surface area contributed by atoms with Crippen LogP contribution in [0, 0.1) is 4.91 Å². The largest absolute Gasteiger partial charge is 0.416 e. The maximum Gasteiger partial charge on any atom is 0.416 e. The minimum absolute atomic E-state index is 0.0850. The third-order valence-electron chi connectivity index (χ3n) is 3.47. The molecule has 0 amide bonds. The van der Waals surface area contributed by atoms with Crippen molar-refractivity contribution < 1.29 is 26.3 Å². The Hall–Kier alpha value is -2.13. The van der Waals surface area contributed by atoms with Crippen LogP contribution in [-0.2, 0) is 18.9 Å². The summed E-state index contributed by atoms with van der Waals surface area (Å²) in [7, 11) is 0. The van der Waals surface area contributed by atoms with Gasteiger partial charge in [0.1, 0.15) is 12.4 Å². The molecule has 0 atom stereocenters. The zero-order chi connectivity index (χ0) is 18.0. The SMILES string of the molecule is O=NCC1=NCCCN1Cc1cc(C(F)(F)F)cc(C(F)(F)F)c1. The zero-order valence-electron chi connectivity index (χ0n) is 12.3. The first-order chi connectivity index (χ1) is 11.1. The number of hydrogen-bond donors (Lipinski definition) is 0. The monoisotopic (exact) mass is 353 g/mol. The van der Waals surface area contributed by atoms with Crippen LogP contribution in [-0.4, -0.2) is 30.4 Å². The smallest absolute Gasteiger partial charge is 0.354 e. The summed E-state index contributed by atoms with van der Waals surface area (Å²) < 4.78 is 77.1. The normalized spacial score (nSPS) is 16.1. The van der Waals surface area contributed by atoms with E-state index in [1.54, 1.807) is 0 Å². The van der Waals surface area contributed by atoms with E-state index < -0.39 is 23.5 Å². The maximum absolute atomic E-state index is 12.9. The predicted molar refractivity (Wildman–Crippen MR) is 74.4 cm³/mol. The average Bonchev–Trinajstić information content (AvgIpc) is 2.47. The van der Waals surface area contributed by atoms with Crippen molar-refractivity contribution >= 4 is 5.84 Å². The van der Waals surface area contributed by atoms with Crippen molar-refractivity contribution in [3.63, 3.8) is 0 Å². The highest BCUT2D eigenvalue weighted by molar-refractivity contribution is 5.84. The van der Waals surface area contributed by atoms with Crippen LogP contribution in [0.1, 0.15) is 23.1 Å². The van der Waals surface area contributed by atoms with E-state index in [0.717, 1.165) is 0 Å². The van der Waals surface area contributed by atoms with Gasteiger partial charge in [-0.3, -0.25) is 4.99 Å². The molecule has 24 heavy (non-hydrogen) atoms. The highest BCUT2D eigenvalue weighted by Crippen LogP contribution is 2.36. The topological polar surface area (TPSA) is 45.0 Å². The summed E-state index contributed by atoms with van der Waals surface area (Å²) in [6.45, 7) is 0.343. The van der Waals surface area contributed by atoms with Crippen molar-refractivity contribution in [1.29, 1.82) is 0 Å². The van der Waals surface area contributed by atoms with E-state index in [4.69, 9.17) is 0 Å². The Morgan fingerprint density at radius 3 is 2.12 bits per heavy atom. The van der Waals surface area contributed by atoms with Crippen molar-refractivity contribution in [3.05, 3.63) is 39.8 Å². The van der Waals surface area contributed by atoms with Gasteiger partial charge in [-0.1, -0.05) is 5.18 Å². The molecule has 0 radical (unpaired) electrons. The lowest BCUT2D eigenvalue weighted by molar-refractivity contribution is -0.143. The number of halogens is 6. The van der Waals surface area contributed by atoms with E-state index in [-0.39, 0.29) is 30.6 Å². The first-order valence-electron chi connectivity index (χ1n) is 6.97. The van der Waals surface area contributed by atoms with Gasteiger partial charge in [-0.05, 0) is 30.2 Å². The zero-order valence-corrected chi connectivity index (χ0v) is 12.3. The summed E-state index contributed by atoms with van der Waals surface area (Å²) in [5.74, 6) is 0.266. The highest BCUT2D eigenvalue weighted by atomic mass is 19.4. The molecular weight excluding hydrogens is 340 g/mol. The van der Waals surface area contributed by atoms with Gasteiger partial charge < -0.3 is 4.90 Å². The number of hydrogen-bond acceptors (Lipinski definition) is 4. The molecule has 0 spiro atoms. The predicted octanol–water partition coefficient (Wildman–Crippen LogP) is 4.09. The molecule has 0 saturated carbocycles. The van der Waals surface area contributed by atoms with Crippen LogP contribution in [0.2, 0.25) is 0 Å². The standard InChI is InChI=1S/C14H13F6N3O/c15-13(16,17)10-4-9(5-11(6-10)14(18,19)20)8-23-3-1-2-21-12(23)7-22-24/h4-6H,1-3,7-8H2. The molecule has 0 saturated heterocycles. The van der Waals surface area contributed by atoms with Crippen LogP contribution >= 0.6 is 0 Å². The van der Waals surface area contributed by atoms with Crippen LogP contribution in [0.4, 0.5) is 26.3 Å². The van der Waals surface area contributed by atoms with Gasteiger partial charge in [0.15, 0.2) is 0 Å². The molecule has 0 fully saturated rings. The van der Waals surface area contributed by atoms with Gasteiger partial charge in [-0.2, -0.15) is 31.2 Å². The molecule has 1 heterocycles. The number of nitroso groups, excluding NO2 is 1. The quantitative estimate of drug-likeness (QED) is 0.604. The molecule has 0 aliphatic carbocycles. The van der Waals surface area contributed by atoms with E-state index in [1.165, 1.54) is 4.90 Å². The fourth-order valence-electron chi connectivity index (χ4n) is 2.41. The van der Waals surface area contributed by atoms with Crippen molar-refractivity contribution in [2.24, 2.45) is 10.2 Å². The Morgan fingerprint density at radius 2 is 1.62 bits per heavy atom. The molecule has 0 bridgehead atoms. The fourth-order valence-corrected chi connectivity index (χ4v) is 2.41. The van der Waals surface area contributed by atoms with Gasteiger partial charge in [-0.15, -0.1) is 0 Å². The number of aliphatic imine (C=N–C) groups is 1. The van der Waals surface area contributed by atoms with E-state index in [0.29, 0.717) is 31.6 Å². The molecule has 4 nitrogen and oxygen atoms in total. The van der Waals surface area contributed by atoms with Crippen molar-refractivity contribution in [2.45, 2.75) is 25.3 Å². The molecule has 1 aliphatic heterocycles. The second-order valence-electron chi connectivity index (χ2n) is 5.27. The Bertz CT molecular complexity index is 606. The number of rotatable bonds is 4. The summed E-state index contributed by atoms with van der Waals surface area (Å²) in [5.41, 5.74) is -2.88. The van der Waals surface area contributed by atoms with Crippen molar-refractivity contribution in [2.75, 3.05) is 19.6 Å². The lowest BCUT2D eigenvalue weighted by Crippen LogP contribution is -2.37. The van der Waals surface area contributed by atoms with Crippen molar-refractivity contribution in [1.82, 2.24) is 4.90 Å². The lowest BCUT2D eigenvalue weighted by atomic mass is 10.0. The molecule has 10 heteroatoms. The second kappa shape index (κ2) is 6.78. The van der Waals surface area contributed by atoms with E-state index in [1.807, 2.05) is 0 Å². The van der Waals surface area contributed by atoms with Crippen LogP contribution < -0.4 is 0 Å². The van der Waals surface area contributed by atoms with Crippen LogP contribution in [0.3, 0.4) is 0 Å². The number of benzene rings is 1. The first kappa shape index (κ1) is 18.2. The molecule has 1 aliphatic rings. The first-order valence-corrected chi connectivity index (χ1v) is 6.97. The van der Waals surface area contributed by atoms with Crippen LogP contribution in [0.15, 0.2) is 28.4 Å². The summed E-state index contributed by atoms with van der Waals surface area (Å²) >= 11 is 0. The Labute approximate surface area is 133 Å². The molecule has 1 aromatic carbocycles. The van der Waals surface area contributed by atoms with Crippen molar-refractivity contribution in [3.8, 4) is 0 Å². The minimum Gasteiger partial charge on any atom is -0.354 e. The van der Waals surface area contributed by atoms with Gasteiger partial charge in [0, 0.05) is 19.6 Å². The van der Waals surface area contributed by atoms with Gasteiger partial charge >= 0.3 is 12.4 Å². The maximum atomic E-state index is 12.9. The molecule has 0 N–H and O–H groups in total. The van der Waals surface area contributed by atoms with Gasteiger partial charge in [0.2, 0.25) is 0 Å². The molecule has 132 valence electrons. The fraction of sp³-hybridized carbons (Fsp3) is 0.500. The summed E-state index contributed by atoms with van der Waals surface area (Å²) in [5, 5.41) is 2.68. The van der Waals surface area contributed by atoms with E-state index in [9.17, 15) is 31.2 Å². The van der Waals surface area contributed by atoms with Crippen LogP contribution in [0.5, 0.6) is 0 Å². The number of alkyl halides is 6. The highest BCUT2D eigenvalue weighted by Gasteiger charge is 2.37. The summed E-state index contributed by atoms with van der Waals surface area (Å²) in [6, 6.07) is 1.44. The molecule has 2 rings (SSSR count). The third-order valence-corrected chi connectivity index (χ3v) is 3.47. The Morgan fingerprint density at radius 1 is 1.04 bits per heavy atom. The number of amidine groups is 1. The van der Waals surface area contributed by atoms with E-state index >= 15 is 0 Å². The lowest BCUT2D eigenvalue weighted by Gasteiger charge is -2.28. The van der Waals surface area contributed by atoms with Gasteiger partial charge in [-0.25, -0.2) is 0 Å². The Balaban J connectivity index is 2.37. The van der Waals surface area contributed by atoms with Gasteiger partial charge in [0.25, 0.3) is 0 Å². The molecule has 0 unspecified atom stereocenters. The molecule has 1 aromatic rings. The second-order valence-corrected chi connectivity index (χ2v) is 5.27. The van der Waals surface area contributed by atoms with Gasteiger partial charge in [0.05, 0.1) is 11.1 Å². The Kier molecular flexibility index (Phi) is 5.14. The van der Waals surface area contributed by atoms with E-state index in [2.05, 4.69) is 10.2 Å². The van der Waals surface area contributed by atoms with Crippen LogP contribution in [0.25, 0.3) is 0 Å². The summed E-state index contributed by atoms with van der Waals surface area (Å²) in [4.78, 5) is 15.9. The average molecular weight is 353 g/mol. The third kappa shape index (κ3) is 4.45. The summed E-state index contributed by atoms with van der Waals surface area (Å²) in [6.07, 6.45) is -9.19. The molecule has 0 aromatic heterocycles.